The summed E-state index contributed by atoms with van der Waals surface area (Å²) in [5, 5.41) is 16.3. The fraction of sp³-hybridized carbons (Fsp3) is 0.296. The zero-order chi connectivity index (χ0) is 26.1. The summed E-state index contributed by atoms with van der Waals surface area (Å²) in [5.41, 5.74) is 3.54. The van der Waals surface area contributed by atoms with Crippen LogP contribution >= 0.6 is 0 Å². The number of piperazine rings is 1. The molecule has 1 aromatic carbocycles. The van der Waals surface area contributed by atoms with Gasteiger partial charge in [0.25, 0.3) is 11.2 Å². The third-order valence-corrected chi connectivity index (χ3v) is 6.89. The summed E-state index contributed by atoms with van der Waals surface area (Å²) >= 11 is 0. The average Bonchev–Trinajstić information content (AvgIpc) is 2.88. The van der Waals surface area contributed by atoms with Crippen molar-refractivity contribution in [1.82, 2.24) is 19.9 Å². The monoisotopic (exact) mass is 499 g/mol. The molecular formula is C27H29N7O3. The molecule has 1 aliphatic heterocycles. The predicted molar refractivity (Wildman–Crippen MR) is 145 cm³/mol. The van der Waals surface area contributed by atoms with Gasteiger partial charge in [-0.05, 0) is 62.4 Å². The summed E-state index contributed by atoms with van der Waals surface area (Å²) in [6.07, 6.45) is 3.30. The number of benzene rings is 1. The first-order valence-corrected chi connectivity index (χ1v) is 12.2. The van der Waals surface area contributed by atoms with Crippen LogP contribution in [0.2, 0.25) is 0 Å². The highest BCUT2D eigenvalue weighted by Gasteiger charge is 2.19. The van der Waals surface area contributed by atoms with E-state index in [4.69, 9.17) is 0 Å². The molecule has 3 aromatic heterocycles. The molecule has 4 aromatic rings. The summed E-state index contributed by atoms with van der Waals surface area (Å²) in [6.45, 7) is 7.76. The van der Waals surface area contributed by atoms with E-state index in [9.17, 15) is 14.9 Å². The number of nitro groups is 1. The summed E-state index contributed by atoms with van der Waals surface area (Å²) in [7, 11) is 2.11. The van der Waals surface area contributed by atoms with E-state index >= 15 is 0 Å². The maximum atomic E-state index is 12.5. The van der Waals surface area contributed by atoms with E-state index in [1.807, 2.05) is 38.1 Å². The van der Waals surface area contributed by atoms with E-state index in [0.29, 0.717) is 27.7 Å². The minimum absolute atomic E-state index is 0.00884. The second-order valence-corrected chi connectivity index (χ2v) is 9.50. The summed E-state index contributed by atoms with van der Waals surface area (Å²) in [4.78, 5) is 40.5. The van der Waals surface area contributed by atoms with E-state index in [0.717, 1.165) is 48.8 Å². The number of nitro benzene ring substituents is 1. The number of nitrogens with one attached hydrogen (secondary N) is 2. The van der Waals surface area contributed by atoms with Gasteiger partial charge in [0.05, 0.1) is 10.3 Å². The maximum Gasteiger partial charge on any atom is 0.278 e. The molecule has 10 heteroatoms. The van der Waals surface area contributed by atoms with Crippen LogP contribution in [0.4, 0.5) is 17.3 Å². The molecular weight excluding hydrogens is 470 g/mol. The average molecular weight is 500 g/mol. The molecule has 0 atom stereocenters. The third-order valence-electron chi connectivity index (χ3n) is 6.89. The zero-order valence-electron chi connectivity index (χ0n) is 21.1. The summed E-state index contributed by atoms with van der Waals surface area (Å²) < 4.78 is 0. The molecule has 2 N–H and O–H groups in total. The zero-order valence-corrected chi connectivity index (χ0v) is 21.1. The Morgan fingerprint density at radius 2 is 1.81 bits per heavy atom. The van der Waals surface area contributed by atoms with Gasteiger partial charge >= 0.3 is 0 Å². The van der Waals surface area contributed by atoms with Crippen LogP contribution in [0.5, 0.6) is 0 Å². The highest BCUT2D eigenvalue weighted by molar-refractivity contribution is 6.00. The number of nitrogens with zero attached hydrogens (tertiary/aromatic N) is 5. The lowest BCUT2D eigenvalue weighted by molar-refractivity contribution is -0.383. The van der Waals surface area contributed by atoms with Gasteiger partial charge < -0.3 is 20.1 Å². The standard InChI is InChI=1S/C27H29N7O3/c1-17-12-18(2)31-27(35)23(17)16-30-26-22-13-20(14-24(34(36)37)21(22)6-7-28-26)19-4-5-25(29-15-19)33-10-8-32(3)9-11-33/h4-7,12-15H,8-11,16H2,1-3H3,(H,28,30)(H,31,35). The van der Waals surface area contributed by atoms with E-state index in [2.05, 4.69) is 37.1 Å². The van der Waals surface area contributed by atoms with Crippen LogP contribution in [0.1, 0.15) is 16.8 Å². The molecule has 1 saturated heterocycles. The number of aromatic amines is 1. The van der Waals surface area contributed by atoms with Gasteiger partial charge in [0, 0.05) is 73.4 Å². The van der Waals surface area contributed by atoms with E-state index < -0.39 is 0 Å². The minimum atomic E-state index is -0.379. The molecule has 0 amide bonds. The number of non-ortho nitro benzene ring substituents is 1. The molecule has 4 heterocycles. The van der Waals surface area contributed by atoms with Crippen molar-refractivity contribution in [2.45, 2.75) is 20.4 Å². The largest absolute Gasteiger partial charge is 0.365 e. The van der Waals surface area contributed by atoms with Gasteiger partial charge in [-0.3, -0.25) is 14.9 Å². The number of pyridine rings is 3. The first kappa shape index (κ1) is 24.4. The van der Waals surface area contributed by atoms with Gasteiger partial charge in [-0.1, -0.05) is 0 Å². The molecule has 10 nitrogen and oxygen atoms in total. The van der Waals surface area contributed by atoms with Gasteiger partial charge in [0.2, 0.25) is 0 Å². The highest BCUT2D eigenvalue weighted by atomic mass is 16.6. The highest BCUT2D eigenvalue weighted by Crippen LogP contribution is 2.35. The molecule has 1 fully saturated rings. The lowest BCUT2D eigenvalue weighted by Gasteiger charge is -2.33. The molecule has 190 valence electrons. The maximum absolute atomic E-state index is 12.5. The van der Waals surface area contributed by atoms with E-state index in [1.54, 1.807) is 18.3 Å². The van der Waals surface area contributed by atoms with Crippen molar-refractivity contribution in [3.05, 3.63) is 86.1 Å². The van der Waals surface area contributed by atoms with Gasteiger partial charge in [0.15, 0.2) is 0 Å². The number of aryl methyl sites for hydroxylation is 2. The number of H-pyrrole nitrogens is 1. The quantitative estimate of drug-likeness (QED) is 0.303. The number of aromatic nitrogens is 3. The molecule has 5 rings (SSSR count). The Kier molecular flexibility index (Phi) is 6.58. The first-order valence-electron chi connectivity index (χ1n) is 12.2. The number of rotatable bonds is 6. The Balaban J connectivity index is 1.50. The van der Waals surface area contributed by atoms with Gasteiger partial charge in [-0.2, -0.15) is 0 Å². The molecule has 0 aliphatic carbocycles. The van der Waals surface area contributed by atoms with Crippen molar-refractivity contribution in [2.75, 3.05) is 43.4 Å². The molecule has 0 spiro atoms. The van der Waals surface area contributed by atoms with Crippen LogP contribution < -0.4 is 15.8 Å². The summed E-state index contributed by atoms with van der Waals surface area (Å²) in [5.74, 6) is 1.37. The van der Waals surface area contributed by atoms with Crippen molar-refractivity contribution in [3.63, 3.8) is 0 Å². The van der Waals surface area contributed by atoms with Gasteiger partial charge in [-0.25, -0.2) is 9.97 Å². The molecule has 37 heavy (non-hydrogen) atoms. The fourth-order valence-corrected chi connectivity index (χ4v) is 4.78. The predicted octanol–water partition coefficient (Wildman–Crippen LogP) is 3.87. The van der Waals surface area contributed by atoms with E-state index in [1.165, 1.54) is 6.20 Å². The van der Waals surface area contributed by atoms with Gasteiger partial charge in [0.1, 0.15) is 11.6 Å². The molecule has 0 bridgehead atoms. The Morgan fingerprint density at radius 3 is 2.49 bits per heavy atom. The van der Waals surface area contributed by atoms with Crippen molar-refractivity contribution >= 4 is 28.1 Å². The van der Waals surface area contributed by atoms with Crippen molar-refractivity contribution in [1.29, 1.82) is 0 Å². The van der Waals surface area contributed by atoms with Crippen LogP contribution in [-0.2, 0) is 6.54 Å². The lowest BCUT2D eigenvalue weighted by atomic mass is 10.0. The number of hydrogen-bond acceptors (Lipinski definition) is 8. The van der Waals surface area contributed by atoms with Crippen molar-refractivity contribution in [3.8, 4) is 11.1 Å². The molecule has 1 aliphatic rings. The molecule has 0 unspecified atom stereocenters. The SMILES string of the molecule is Cc1cc(C)c(CNc2nccc3c([N+](=O)[O-])cc(-c4ccc(N5CCN(C)CC5)nc4)cc23)c(=O)[nH]1. The van der Waals surface area contributed by atoms with E-state index in [-0.39, 0.29) is 22.7 Å². The third kappa shape index (κ3) is 5.01. The van der Waals surface area contributed by atoms with Crippen LogP contribution in [0, 0.1) is 24.0 Å². The second-order valence-electron chi connectivity index (χ2n) is 9.50. The van der Waals surface area contributed by atoms with Crippen molar-refractivity contribution < 1.29 is 4.92 Å². The van der Waals surface area contributed by atoms with Crippen LogP contribution in [0.3, 0.4) is 0 Å². The number of anilines is 2. The molecule has 0 radical (unpaired) electrons. The number of likely N-dealkylation sites (N-methyl/N-ethyl adjacent to an activating group) is 1. The van der Waals surface area contributed by atoms with Crippen LogP contribution in [-0.4, -0.2) is 58.0 Å². The Hall–Kier alpha value is -4.31. The lowest BCUT2D eigenvalue weighted by Crippen LogP contribution is -2.44. The Morgan fingerprint density at radius 1 is 1.03 bits per heavy atom. The summed E-state index contributed by atoms with van der Waals surface area (Å²) in [6, 6.07) is 10.9. The Labute approximate surface area is 214 Å². The smallest absolute Gasteiger partial charge is 0.278 e. The van der Waals surface area contributed by atoms with Crippen LogP contribution in [0.15, 0.2) is 53.6 Å². The fourth-order valence-electron chi connectivity index (χ4n) is 4.78. The minimum Gasteiger partial charge on any atom is -0.365 e. The second kappa shape index (κ2) is 9.98. The number of hydrogen-bond donors (Lipinski definition) is 2. The van der Waals surface area contributed by atoms with Gasteiger partial charge in [-0.15, -0.1) is 0 Å². The van der Waals surface area contributed by atoms with Crippen molar-refractivity contribution in [2.24, 2.45) is 0 Å². The normalized spacial score (nSPS) is 14.2. The number of fused-ring (bicyclic) bond motifs is 1. The van der Waals surface area contributed by atoms with Crippen LogP contribution in [0.25, 0.3) is 21.9 Å². The Bertz CT molecular complexity index is 1520. The first-order chi connectivity index (χ1) is 17.8. The molecule has 0 saturated carbocycles. The topological polar surface area (TPSA) is 120 Å².